The minimum atomic E-state index is -0.0402. The maximum Gasteiger partial charge on any atom is 0.320 e. The Balaban J connectivity index is 1.30. The standard InChI is InChI=1S/C25H26ClN7O2S/c1-13-11-27-22-21-15-5-8-19(29-16(15)6-7-17(21)36-23(22)24(34)28-13)31-20-10-18(26)30-25(32-20)35-14-4-3-9-33(2)12-14/h5-8,10,13-14,27H,3-4,9,11-12H2,1-2H3,(H,28,34)(H,29,30,31,32)/t13-,14?/m1/s1. The number of aromatic nitrogens is 3. The smallest absolute Gasteiger partial charge is 0.320 e. The summed E-state index contributed by atoms with van der Waals surface area (Å²) < 4.78 is 7.07. The molecule has 1 aromatic carbocycles. The third-order valence-corrected chi connectivity index (χ3v) is 7.82. The first kappa shape index (κ1) is 23.2. The van der Waals surface area contributed by atoms with Crippen LogP contribution >= 0.6 is 22.9 Å². The van der Waals surface area contributed by atoms with E-state index in [1.165, 1.54) is 11.3 Å². The minimum Gasteiger partial charge on any atom is -0.459 e. The summed E-state index contributed by atoms with van der Waals surface area (Å²) in [6, 6.07) is 9.88. The van der Waals surface area contributed by atoms with E-state index in [4.69, 9.17) is 21.3 Å². The van der Waals surface area contributed by atoms with E-state index in [2.05, 4.69) is 37.9 Å². The second-order valence-corrected chi connectivity index (χ2v) is 10.8. The summed E-state index contributed by atoms with van der Waals surface area (Å²) in [7, 11) is 2.08. The largest absolute Gasteiger partial charge is 0.459 e. The van der Waals surface area contributed by atoms with Gasteiger partial charge in [-0.2, -0.15) is 9.97 Å². The number of halogens is 1. The van der Waals surface area contributed by atoms with Crippen molar-refractivity contribution in [2.24, 2.45) is 0 Å². The highest BCUT2D eigenvalue weighted by Gasteiger charge is 2.25. The van der Waals surface area contributed by atoms with E-state index >= 15 is 0 Å². The predicted octanol–water partition coefficient (Wildman–Crippen LogP) is 4.65. The van der Waals surface area contributed by atoms with Gasteiger partial charge in [0.25, 0.3) is 5.91 Å². The number of piperidine rings is 1. The summed E-state index contributed by atoms with van der Waals surface area (Å²) in [6.45, 7) is 4.56. The van der Waals surface area contributed by atoms with Gasteiger partial charge in [0.1, 0.15) is 27.8 Å². The third kappa shape index (κ3) is 4.52. The Morgan fingerprint density at radius 1 is 1.19 bits per heavy atom. The number of benzene rings is 1. The highest BCUT2D eigenvalue weighted by atomic mass is 35.5. The van der Waals surface area contributed by atoms with Crippen LogP contribution in [-0.4, -0.2) is 64.6 Å². The zero-order chi connectivity index (χ0) is 24.8. The van der Waals surface area contributed by atoms with Crippen LogP contribution in [0.5, 0.6) is 6.01 Å². The first-order chi connectivity index (χ1) is 17.4. The Hall–Kier alpha value is -3.21. The van der Waals surface area contributed by atoms with Gasteiger partial charge in [-0.05, 0) is 57.6 Å². The fraction of sp³-hybridized carbons (Fsp3) is 0.360. The van der Waals surface area contributed by atoms with Crippen LogP contribution in [0.3, 0.4) is 0 Å². The zero-order valence-corrected chi connectivity index (χ0v) is 21.5. The molecule has 186 valence electrons. The minimum absolute atomic E-state index is 0.0377. The van der Waals surface area contributed by atoms with Crippen LogP contribution in [0, 0.1) is 0 Å². The Labute approximate surface area is 217 Å². The molecule has 0 aliphatic carbocycles. The average Bonchev–Trinajstić information content (AvgIpc) is 3.15. The van der Waals surface area contributed by atoms with Crippen molar-refractivity contribution in [1.29, 1.82) is 0 Å². The van der Waals surface area contributed by atoms with E-state index in [0.29, 0.717) is 28.2 Å². The number of anilines is 3. The number of ether oxygens (including phenoxy) is 1. The van der Waals surface area contributed by atoms with Crippen LogP contribution in [0.1, 0.15) is 29.4 Å². The van der Waals surface area contributed by atoms with Gasteiger partial charge in [0, 0.05) is 40.7 Å². The summed E-state index contributed by atoms with van der Waals surface area (Å²) in [5, 5.41) is 12.0. The van der Waals surface area contributed by atoms with Crippen molar-refractivity contribution in [3.05, 3.63) is 40.4 Å². The van der Waals surface area contributed by atoms with E-state index in [0.717, 1.165) is 52.6 Å². The van der Waals surface area contributed by atoms with Crippen LogP contribution in [0.2, 0.25) is 5.15 Å². The topological polar surface area (TPSA) is 104 Å². The molecule has 0 radical (unpaired) electrons. The molecule has 1 saturated heterocycles. The van der Waals surface area contributed by atoms with Crippen molar-refractivity contribution in [1.82, 2.24) is 25.2 Å². The van der Waals surface area contributed by atoms with Crippen molar-refractivity contribution in [2.75, 3.05) is 37.3 Å². The molecule has 1 fully saturated rings. The van der Waals surface area contributed by atoms with Crippen LogP contribution in [0.15, 0.2) is 30.3 Å². The number of nitrogens with zero attached hydrogens (tertiary/aromatic N) is 4. The molecule has 3 N–H and O–H groups in total. The number of fused-ring (bicyclic) bond motifs is 5. The number of likely N-dealkylation sites (tertiary alicyclic amines) is 1. The second-order valence-electron chi connectivity index (χ2n) is 9.39. The molecule has 2 aliphatic rings. The number of rotatable bonds is 4. The first-order valence-corrected chi connectivity index (χ1v) is 13.2. The molecule has 4 aromatic rings. The number of likely N-dealkylation sites (N-methyl/N-ethyl adjacent to an activating group) is 1. The van der Waals surface area contributed by atoms with Crippen molar-refractivity contribution in [3.8, 4) is 6.01 Å². The molecule has 0 spiro atoms. The number of amides is 1. The fourth-order valence-corrected chi connectivity index (χ4v) is 6.08. The van der Waals surface area contributed by atoms with Gasteiger partial charge >= 0.3 is 6.01 Å². The molecule has 3 aromatic heterocycles. The number of pyridine rings is 1. The highest BCUT2D eigenvalue weighted by molar-refractivity contribution is 7.21. The van der Waals surface area contributed by atoms with Gasteiger partial charge in [-0.25, -0.2) is 4.98 Å². The monoisotopic (exact) mass is 523 g/mol. The maximum absolute atomic E-state index is 12.7. The molecule has 5 heterocycles. The zero-order valence-electron chi connectivity index (χ0n) is 20.0. The number of hydrogen-bond acceptors (Lipinski definition) is 9. The van der Waals surface area contributed by atoms with Gasteiger partial charge in [0.2, 0.25) is 0 Å². The third-order valence-electron chi connectivity index (χ3n) is 6.47. The van der Waals surface area contributed by atoms with Crippen molar-refractivity contribution < 1.29 is 9.53 Å². The summed E-state index contributed by atoms with van der Waals surface area (Å²) in [4.78, 5) is 29.2. The van der Waals surface area contributed by atoms with E-state index in [1.807, 2.05) is 31.2 Å². The summed E-state index contributed by atoms with van der Waals surface area (Å²) in [6.07, 6.45) is 2.08. The number of carbonyl (C=O) groups is 1. The molecule has 36 heavy (non-hydrogen) atoms. The number of carbonyl (C=O) groups excluding carboxylic acids is 1. The summed E-state index contributed by atoms with van der Waals surface area (Å²) >= 11 is 7.77. The molecule has 9 nitrogen and oxygen atoms in total. The lowest BCUT2D eigenvalue weighted by molar-refractivity contribution is 0.0947. The highest BCUT2D eigenvalue weighted by Crippen LogP contribution is 2.41. The van der Waals surface area contributed by atoms with Crippen molar-refractivity contribution >= 4 is 67.2 Å². The lowest BCUT2D eigenvalue weighted by atomic mass is 10.1. The molecule has 0 bridgehead atoms. The van der Waals surface area contributed by atoms with Crippen molar-refractivity contribution in [2.45, 2.75) is 31.9 Å². The Bertz CT molecular complexity index is 1480. The lowest BCUT2D eigenvalue weighted by Gasteiger charge is -2.29. The first-order valence-electron chi connectivity index (χ1n) is 12.0. The Morgan fingerprint density at radius 2 is 2.08 bits per heavy atom. The molecular formula is C25H26ClN7O2S. The molecule has 6 rings (SSSR count). The molecule has 2 aliphatic heterocycles. The van der Waals surface area contributed by atoms with Gasteiger partial charge in [-0.15, -0.1) is 11.3 Å². The second kappa shape index (κ2) is 9.34. The predicted molar refractivity (Wildman–Crippen MR) is 144 cm³/mol. The Kier molecular flexibility index (Phi) is 6.02. The molecule has 11 heteroatoms. The summed E-state index contributed by atoms with van der Waals surface area (Å²) in [5.74, 6) is 1.10. The maximum atomic E-state index is 12.7. The number of thiophene rings is 1. The van der Waals surface area contributed by atoms with Gasteiger partial charge in [0.05, 0.1) is 11.2 Å². The van der Waals surface area contributed by atoms with E-state index < -0.39 is 0 Å². The molecule has 0 saturated carbocycles. The summed E-state index contributed by atoms with van der Waals surface area (Å²) in [5.41, 5.74) is 1.69. The Morgan fingerprint density at radius 3 is 2.94 bits per heavy atom. The molecular weight excluding hydrogens is 498 g/mol. The van der Waals surface area contributed by atoms with E-state index in [9.17, 15) is 4.79 Å². The van der Waals surface area contributed by atoms with Crippen molar-refractivity contribution in [3.63, 3.8) is 0 Å². The van der Waals surface area contributed by atoms with Crippen LogP contribution in [0.25, 0.3) is 21.0 Å². The number of nitrogens with one attached hydrogen (secondary N) is 3. The quantitative estimate of drug-likeness (QED) is 0.332. The molecule has 1 amide bonds. The van der Waals surface area contributed by atoms with Gasteiger partial charge in [0.15, 0.2) is 0 Å². The van der Waals surface area contributed by atoms with Crippen LogP contribution in [-0.2, 0) is 0 Å². The lowest BCUT2D eigenvalue weighted by Crippen LogP contribution is -2.38. The fourth-order valence-electron chi connectivity index (χ4n) is 4.80. The molecule has 2 atom stereocenters. The van der Waals surface area contributed by atoms with Gasteiger partial charge in [-0.1, -0.05) is 11.6 Å². The van der Waals surface area contributed by atoms with E-state index in [-0.39, 0.29) is 24.1 Å². The van der Waals surface area contributed by atoms with Crippen LogP contribution in [0.4, 0.5) is 17.3 Å². The van der Waals surface area contributed by atoms with Gasteiger partial charge in [-0.3, -0.25) is 4.79 Å². The molecule has 1 unspecified atom stereocenters. The average molecular weight is 524 g/mol. The number of hydrogen-bond donors (Lipinski definition) is 3. The van der Waals surface area contributed by atoms with Crippen LogP contribution < -0.4 is 20.7 Å². The SMILES string of the molecule is C[C@@H]1CNc2c(sc3ccc4nc(Nc5cc(Cl)nc(OC6CCCN(C)C6)n5)ccc4c23)C(=O)N1. The normalized spacial score (nSPS) is 20.5. The van der Waals surface area contributed by atoms with E-state index in [1.54, 1.807) is 6.07 Å². The van der Waals surface area contributed by atoms with Gasteiger partial charge < -0.3 is 25.6 Å².